The first kappa shape index (κ1) is 20.6. The summed E-state index contributed by atoms with van der Waals surface area (Å²) in [5, 5.41) is 7.07. The number of ether oxygens (including phenoxy) is 1. The smallest absolute Gasteiger partial charge is 0.251 e. The minimum absolute atomic E-state index is 0. The van der Waals surface area contributed by atoms with Crippen molar-refractivity contribution in [3.05, 3.63) is 64.7 Å². The fraction of sp³-hybridized carbons (Fsp3) is 0.350. The summed E-state index contributed by atoms with van der Waals surface area (Å²) >= 11 is 5.98. The number of halogens is 2. The van der Waals surface area contributed by atoms with Crippen molar-refractivity contribution < 1.29 is 9.53 Å². The largest absolute Gasteiger partial charge is 0.489 e. The van der Waals surface area contributed by atoms with Crippen LogP contribution in [0.1, 0.15) is 28.8 Å². The maximum absolute atomic E-state index is 12.4. The summed E-state index contributed by atoms with van der Waals surface area (Å²) in [4.78, 5) is 12.4. The van der Waals surface area contributed by atoms with Gasteiger partial charge >= 0.3 is 0 Å². The normalized spacial score (nSPS) is 16.4. The Morgan fingerprint density at radius 1 is 1.23 bits per heavy atom. The molecule has 3 rings (SSSR count). The summed E-state index contributed by atoms with van der Waals surface area (Å²) in [6, 6.07) is 14.8. The molecule has 0 aliphatic carbocycles. The molecule has 2 aromatic carbocycles. The number of carbonyl (C=O) groups is 1. The van der Waals surface area contributed by atoms with Gasteiger partial charge in [-0.15, -0.1) is 12.4 Å². The number of hydrogen-bond donors (Lipinski definition) is 2. The van der Waals surface area contributed by atoms with Gasteiger partial charge in [-0.3, -0.25) is 4.79 Å². The van der Waals surface area contributed by atoms with E-state index >= 15 is 0 Å². The lowest BCUT2D eigenvalue weighted by atomic mass is 9.99. The third-order valence-corrected chi connectivity index (χ3v) is 4.58. The molecule has 0 spiro atoms. The van der Waals surface area contributed by atoms with E-state index in [4.69, 9.17) is 16.3 Å². The van der Waals surface area contributed by atoms with Gasteiger partial charge in [-0.05, 0) is 67.7 Å². The molecule has 1 saturated heterocycles. The second-order valence-electron chi connectivity index (χ2n) is 6.37. The van der Waals surface area contributed by atoms with Crippen LogP contribution in [0, 0.1) is 5.92 Å². The lowest BCUT2D eigenvalue weighted by Gasteiger charge is -2.22. The Labute approximate surface area is 165 Å². The van der Waals surface area contributed by atoms with E-state index in [0.717, 1.165) is 25.1 Å². The van der Waals surface area contributed by atoms with Crippen molar-refractivity contribution in [1.82, 2.24) is 10.6 Å². The van der Waals surface area contributed by atoms with Crippen LogP contribution in [0.15, 0.2) is 48.5 Å². The summed E-state index contributed by atoms with van der Waals surface area (Å²) < 4.78 is 5.78. The third kappa shape index (κ3) is 6.20. The number of hydrogen-bond acceptors (Lipinski definition) is 3. The van der Waals surface area contributed by atoms with Crippen molar-refractivity contribution in [3.8, 4) is 5.75 Å². The Kier molecular flexibility index (Phi) is 8.23. The highest BCUT2D eigenvalue weighted by Crippen LogP contribution is 2.17. The molecule has 1 fully saturated rings. The molecule has 140 valence electrons. The average molecular weight is 395 g/mol. The van der Waals surface area contributed by atoms with Crippen LogP contribution in [0.4, 0.5) is 0 Å². The van der Waals surface area contributed by atoms with E-state index in [2.05, 4.69) is 10.6 Å². The van der Waals surface area contributed by atoms with Gasteiger partial charge in [-0.1, -0.05) is 29.8 Å². The van der Waals surface area contributed by atoms with Gasteiger partial charge in [0, 0.05) is 17.1 Å². The molecule has 1 aliphatic rings. The number of benzene rings is 2. The van der Waals surface area contributed by atoms with E-state index in [9.17, 15) is 4.79 Å². The first-order valence-electron chi connectivity index (χ1n) is 8.67. The zero-order valence-corrected chi connectivity index (χ0v) is 16.1. The molecule has 1 amide bonds. The fourth-order valence-electron chi connectivity index (χ4n) is 2.96. The molecule has 1 aliphatic heterocycles. The Hall–Kier alpha value is -1.75. The van der Waals surface area contributed by atoms with Crippen LogP contribution >= 0.6 is 24.0 Å². The molecule has 2 N–H and O–H groups in total. The van der Waals surface area contributed by atoms with E-state index < -0.39 is 0 Å². The lowest BCUT2D eigenvalue weighted by molar-refractivity contribution is 0.0944. The summed E-state index contributed by atoms with van der Waals surface area (Å²) in [5.41, 5.74) is 1.61. The number of rotatable bonds is 6. The maximum atomic E-state index is 12.4. The summed E-state index contributed by atoms with van der Waals surface area (Å²) in [5.74, 6) is 1.13. The van der Waals surface area contributed by atoms with Crippen LogP contribution in [0.5, 0.6) is 5.75 Å². The van der Waals surface area contributed by atoms with Gasteiger partial charge in [0.1, 0.15) is 12.4 Å². The van der Waals surface area contributed by atoms with Crippen molar-refractivity contribution in [2.24, 2.45) is 5.92 Å². The Morgan fingerprint density at radius 3 is 2.85 bits per heavy atom. The molecule has 6 heteroatoms. The van der Waals surface area contributed by atoms with Crippen molar-refractivity contribution in [2.45, 2.75) is 19.4 Å². The van der Waals surface area contributed by atoms with Gasteiger partial charge in [0.05, 0.1) is 0 Å². The van der Waals surface area contributed by atoms with Gasteiger partial charge in [-0.25, -0.2) is 0 Å². The summed E-state index contributed by atoms with van der Waals surface area (Å²) in [6.45, 7) is 3.18. The first-order valence-corrected chi connectivity index (χ1v) is 9.05. The highest BCUT2D eigenvalue weighted by atomic mass is 35.5. The minimum Gasteiger partial charge on any atom is -0.489 e. The lowest BCUT2D eigenvalue weighted by Crippen LogP contribution is -2.38. The van der Waals surface area contributed by atoms with Crippen molar-refractivity contribution >= 4 is 29.9 Å². The van der Waals surface area contributed by atoms with Crippen LogP contribution in [-0.4, -0.2) is 25.5 Å². The SMILES string of the molecule is Cl.O=C(NCC1CCCNC1)c1cccc(OCc2cccc(Cl)c2)c1. The van der Waals surface area contributed by atoms with E-state index in [1.165, 1.54) is 6.42 Å². The van der Waals surface area contributed by atoms with Gasteiger partial charge in [-0.2, -0.15) is 0 Å². The zero-order valence-electron chi connectivity index (χ0n) is 14.5. The molecular formula is C20H24Cl2N2O2. The quantitative estimate of drug-likeness (QED) is 0.775. The predicted octanol–water partition coefficient (Wildman–Crippen LogP) is 4.07. The van der Waals surface area contributed by atoms with Crippen LogP contribution in [0.25, 0.3) is 0 Å². The molecule has 4 nitrogen and oxygen atoms in total. The fourth-order valence-corrected chi connectivity index (χ4v) is 3.17. The molecule has 0 bridgehead atoms. The van der Waals surface area contributed by atoms with E-state index in [1.54, 1.807) is 12.1 Å². The third-order valence-electron chi connectivity index (χ3n) is 4.34. The van der Waals surface area contributed by atoms with Crippen LogP contribution < -0.4 is 15.4 Å². The first-order chi connectivity index (χ1) is 12.2. The molecule has 0 radical (unpaired) electrons. The molecule has 1 unspecified atom stereocenters. The van der Waals surface area contributed by atoms with Crippen molar-refractivity contribution in [3.63, 3.8) is 0 Å². The molecular weight excluding hydrogens is 371 g/mol. The molecule has 1 heterocycles. The molecule has 1 atom stereocenters. The Morgan fingerprint density at radius 2 is 2.08 bits per heavy atom. The second kappa shape index (κ2) is 10.4. The highest BCUT2D eigenvalue weighted by Gasteiger charge is 2.14. The standard InChI is InChI=1S/C20H23ClN2O2.ClH/c21-18-7-1-4-15(10-18)14-25-19-8-2-6-17(11-19)20(24)23-13-16-5-3-9-22-12-16;/h1-2,4,6-8,10-11,16,22H,3,5,9,12-14H2,(H,23,24);1H. The van der Waals surface area contributed by atoms with Crippen LogP contribution in [-0.2, 0) is 6.61 Å². The minimum atomic E-state index is -0.0567. The molecule has 0 saturated carbocycles. The Bertz CT molecular complexity index is 718. The van der Waals surface area contributed by atoms with Crippen molar-refractivity contribution in [1.29, 1.82) is 0 Å². The number of piperidine rings is 1. The summed E-state index contributed by atoms with van der Waals surface area (Å²) in [7, 11) is 0. The van der Waals surface area contributed by atoms with Gasteiger partial charge in [0.25, 0.3) is 5.91 Å². The van der Waals surface area contributed by atoms with E-state index in [-0.39, 0.29) is 18.3 Å². The summed E-state index contributed by atoms with van der Waals surface area (Å²) in [6.07, 6.45) is 2.34. The van der Waals surface area contributed by atoms with Crippen molar-refractivity contribution in [2.75, 3.05) is 19.6 Å². The Balaban J connectivity index is 0.00000243. The maximum Gasteiger partial charge on any atom is 0.251 e. The van der Waals surface area contributed by atoms with Crippen LogP contribution in [0.3, 0.4) is 0 Å². The topological polar surface area (TPSA) is 50.4 Å². The second-order valence-corrected chi connectivity index (χ2v) is 6.81. The monoisotopic (exact) mass is 394 g/mol. The zero-order chi connectivity index (χ0) is 17.5. The van der Waals surface area contributed by atoms with Gasteiger partial charge in [0.2, 0.25) is 0 Å². The van der Waals surface area contributed by atoms with Gasteiger partial charge in [0.15, 0.2) is 0 Å². The molecule has 26 heavy (non-hydrogen) atoms. The highest BCUT2D eigenvalue weighted by molar-refractivity contribution is 6.30. The molecule has 0 aromatic heterocycles. The van der Waals surface area contributed by atoms with E-state index in [1.807, 2.05) is 36.4 Å². The molecule has 2 aromatic rings. The average Bonchev–Trinajstić information content (AvgIpc) is 2.65. The number of carbonyl (C=O) groups excluding carboxylic acids is 1. The van der Waals surface area contributed by atoms with Gasteiger partial charge < -0.3 is 15.4 Å². The number of nitrogens with one attached hydrogen (secondary N) is 2. The van der Waals surface area contributed by atoms with Crippen LogP contribution in [0.2, 0.25) is 5.02 Å². The predicted molar refractivity (Wildman–Crippen MR) is 107 cm³/mol. The number of amides is 1. The van der Waals surface area contributed by atoms with E-state index in [0.29, 0.717) is 35.4 Å².